The summed E-state index contributed by atoms with van der Waals surface area (Å²) >= 11 is 5.19. The van der Waals surface area contributed by atoms with Crippen LogP contribution in [-0.4, -0.2) is 19.6 Å². The Morgan fingerprint density at radius 3 is 2.64 bits per heavy atom. The van der Waals surface area contributed by atoms with Crippen LogP contribution in [0.5, 0.6) is 5.75 Å². The van der Waals surface area contributed by atoms with E-state index in [-0.39, 0.29) is 0 Å². The van der Waals surface area contributed by atoms with E-state index in [9.17, 15) is 0 Å². The highest BCUT2D eigenvalue weighted by molar-refractivity contribution is 9.11. The Kier molecular flexibility index (Phi) is 6.74. The van der Waals surface area contributed by atoms with Crippen molar-refractivity contribution in [2.24, 2.45) is 4.99 Å². The first-order valence-corrected chi connectivity index (χ1v) is 8.73. The third kappa shape index (κ3) is 5.03. The van der Waals surface area contributed by atoms with E-state index in [1.165, 1.54) is 4.88 Å². The number of hydrogen-bond acceptors (Lipinski definition) is 3. The lowest BCUT2D eigenvalue weighted by molar-refractivity contribution is 0.336. The van der Waals surface area contributed by atoms with Gasteiger partial charge in [-0.3, -0.25) is 4.99 Å². The number of hydrogen-bond donors (Lipinski definition) is 2. The van der Waals surface area contributed by atoms with E-state index in [0.717, 1.165) is 27.6 Å². The molecule has 0 saturated carbocycles. The molecule has 0 fully saturated rings. The van der Waals surface area contributed by atoms with Crippen molar-refractivity contribution in [1.82, 2.24) is 10.6 Å². The van der Waals surface area contributed by atoms with Crippen LogP contribution in [-0.2, 0) is 13.1 Å². The largest absolute Gasteiger partial charge is 0.494 e. The van der Waals surface area contributed by atoms with Crippen LogP contribution < -0.4 is 15.4 Å². The number of guanidine groups is 1. The van der Waals surface area contributed by atoms with Crippen LogP contribution in [0.15, 0.2) is 45.2 Å². The molecule has 0 atom stereocenters. The van der Waals surface area contributed by atoms with Gasteiger partial charge in [0.2, 0.25) is 0 Å². The Balaban J connectivity index is 1.88. The number of rotatable bonds is 6. The summed E-state index contributed by atoms with van der Waals surface area (Å²) in [6, 6.07) is 12.2. The van der Waals surface area contributed by atoms with E-state index in [4.69, 9.17) is 4.74 Å². The SMILES string of the molecule is CCOc1ccccc1CNC(=NC)NCc1ccc(Br)s1. The first-order chi connectivity index (χ1) is 10.7. The highest BCUT2D eigenvalue weighted by Gasteiger charge is 2.04. The van der Waals surface area contributed by atoms with E-state index >= 15 is 0 Å². The van der Waals surface area contributed by atoms with Crippen molar-refractivity contribution < 1.29 is 4.74 Å². The second-order valence-corrected chi connectivity index (χ2v) is 7.07. The molecule has 0 unspecified atom stereocenters. The lowest BCUT2D eigenvalue weighted by Crippen LogP contribution is -2.36. The third-order valence-electron chi connectivity index (χ3n) is 3.00. The average Bonchev–Trinajstić information content (AvgIpc) is 2.95. The van der Waals surface area contributed by atoms with Gasteiger partial charge in [0.1, 0.15) is 5.75 Å². The summed E-state index contributed by atoms with van der Waals surface area (Å²) < 4.78 is 6.77. The van der Waals surface area contributed by atoms with Gasteiger partial charge in [-0.15, -0.1) is 11.3 Å². The van der Waals surface area contributed by atoms with Crippen molar-refractivity contribution in [2.45, 2.75) is 20.0 Å². The van der Waals surface area contributed by atoms with Gasteiger partial charge in [0, 0.05) is 24.0 Å². The van der Waals surface area contributed by atoms with E-state index in [1.807, 2.05) is 25.1 Å². The van der Waals surface area contributed by atoms with Crippen molar-refractivity contribution in [3.63, 3.8) is 0 Å². The zero-order valence-electron chi connectivity index (χ0n) is 12.7. The van der Waals surface area contributed by atoms with E-state index in [1.54, 1.807) is 18.4 Å². The van der Waals surface area contributed by atoms with Gasteiger partial charge < -0.3 is 15.4 Å². The molecule has 4 nitrogen and oxygen atoms in total. The van der Waals surface area contributed by atoms with Gasteiger partial charge in [0.15, 0.2) is 5.96 Å². The molecule has 0 aliphatic heterocycles. The monoisotopic (exact) mass is 381 g/mol. The standard InChI is InChI=1S/C16H20BrN3OS/c1-3-21-14-7-5-4-6-12(14)10-19-16(18-2)20-11-13-8-9-15(17)22-13/h4-9H,3,10-11H2,1-2H3,(H2,18,19,20). The lowest BCUT2D eigenvalue weighted by Gasteiger charge is -2.14. The van der Waals surface area contributed by atoms with Gasteiger partial charge in [0.25, 0.3) is 0 Å². The summed E-state index contributed by atoms with van der Waals surface area (Å²) in [5.74, 6) is 1.69. The van der Waals surface area contributed by atoms with Crippen LogP contribution in [0.25, 0.3) is 0 Å². The first kappa shape index (κ1) is 16.8. The second-order valence-electron chi connectivity index (χ2n) is 4.53. The van der Waals surface area contributed by atoms with Crippen LogP contribution in [0, 0.1) is 0 Å². The Bertz CT molecular complexity index is 627. The minimum atomic E-state index is 0.664. The molecule has 0 amide bonds. The number of benzene rings is 1. The highest BCUT2D eigenvalue weighted by Crippen LogP contribution is 2.21. The molecule has 2 rings (SSSR count). The molecule has 0 bridgehead atoms. The lowest BCUT2D eigenvalue weighted by atomic mass is 10.2. The van der Waals surface area contributed by atoms with E-state index < -0.39 is 0 Å². The summed E-state index contributed by atoms with van der Waals surface area (Å²) in [5.41, 5.74) is 1.12. The van der Waals surface area contributed by atoms with Gasteiger partial charge in [-0.25, -0.2) is 0 Å². The number of ether oxygens (including phenoxy) is 1. The molecule has 1 aromatic carbocycles. The summed E-state index contributed by atoms with van der Waals surface area (Å²) in [6.07, 6.45) is 0. The molecule has 0 aliphatic carbocycles. The number of para-hydroxylation sites is 1. The van der Waals surface area contributed by atoms with Crippen LogP contribution in [0.4, 0.5) is 0 Å². The van der Waals surface area contributed by atoms with Crippen LogP contribution >= 0.6 is 27.3 Å². The van der Waals surface area contributed by atoms with E-state index in [0.29, 0.717) is 13.2 Å². The van der Waals surface area contributed by atoms with Gasteiger partial charge in [-0.05, 0) is 41.1 Å². The Labute approximate surface area is 143 Å². The van der Waals surface area contributed by atoms with Crippen LogP contribution in [0.3, 0.4) is 0 Å². The fraction of sp³-hybridized carbons (Fsp3) is 0.312. The molecule has 2 N–H and O–H groups in total. The summed E-state index contributed by atoms with van der Waals surface area (Å²) in [4.78, 5) is 5.50. The van der Waals surface area contributed by atoms with Crippen molar-refractivity contribution in [1.29, 1.82) is 0 Å². The number of thiophene rings is 1. The Hall–Kier alpha value is -1.53. The van der Waals surface area contributed by atoms with Gasteiger partial charge >= 0.3 is 0 Å². The summed E-state index contributed by atoms with van der Waals surface area (Å²) in [7, 11) is 1.77. The predicted octanol–water partition coefficient (Wildman–Crippen LogP) is 3.77. The summed E-state index contributed by atoms with van der Waals surface area (Å²) in [6.45, 7) is 4.08. The number of halogens is 1. The fourth-order valence-electron chi connectivity index (χ4n) is 1.96. The predicted molar refractivity (Wildman–Crippen MR) is 96.7 cm³/mol. The zero-order chi connectivity index (χ0) is 15.8. The molecule has 1 aromatic heterocycles. The molecule has 6 heteroatoms. The molecule has 118 valence electrons. The smallest absolute Gasteiger partial charge is 0.191 e. The second kappa shape index (κ2) is 8.80. The number of aliphatic imine (C=N–C) groups is 1. The quantitative estimate of drug-likeness (QED) is 0.591. The molecular formula is C16H20BrN3OS. The normalized spacial score (nSPS) is 11.3. The minimum Gasteiger partial charge on any atom is -0.494 e. The molecule has 0 saturated heterocycles. The van der Waals surface area contributed by atoms with Gasteiger partial charge in [0.05, 0.1) is 16.9 Å². The fourth-order valence-corrected chi connectivity index (χ4v) is 3.39. The molecular weight excluding hydrogens is 362 g/mol. The van der Waals surface area contributed by atoms with Crippen molar-refractivity contribution in [3.05, 3.63) is 50.6 Å². The van der Waals surface area contributed by atoms with Crippen LogP contribution in [0.1, 0.15) is 17.4 Å². The summed E-state index contributed by atoms with van der Waals surface area (Å²) in [5, 5.41) is 6.62. The Morgan fingerprint density at radius 1 is 1.18 bits per heavy atom. The maximum Gasteiger partial charge on any atom is 0.191 e. The minimum absolute atomic E-state index is 0.664. The Morgan fingerprint density at radius 2 is 1.95 bits per heavy atom. The van der Waals surface area contributed by atoms with Gasteiger partial charge in [-0.2, -0.15) is 0 Å². The van der Waals surface area contributed by atoms with Crippen molar-refractivity contribution in [2.75, 3.05) is 13.7 Å². The molecule has 2 aromatic rings. The highest BCUT2D eigenvalue weighted by atomic mass is 79.9. The number of nitrogens with one attached hydrogen (secondary N) is 2. The average molecular weight is 382 g/mol. The maximum atomic E-state index is 5.63. The molecule has 22 heavy (non-hydrogen) atoms. The molecule has 0 aliphatic rings. The third-order valence-corrected chi connectivity index (χ3v) is 4.62. The maximum absolute atomic E-state index is 5.63. The number of nitrogens with zero attached hydrogens (tertiary/aromatic N) is 1. The van der Waals surface area contributed by atoms with Crippen molar-refractivity contribution in [3.8, 4) is 5.75 Å². The first-order valence-electron chi connectivity index (χ1n) is 7.12. The van der Waals surface area contributed by atoms with E-state index in [2.05, 4.69) is 49.8 Å². The van der Waals surface area contributed by atoms with Crippen LogP contribution in [0.2, 0.25) is 0 Å². The molecule has 0 radical (unpaired) electrons. The van der Waals surface area contributed by atoms with Crippen molar-refractivity contribution >= 4 is 33.2 Å². The molecule has 1 heterocycles. The topological polar surface area (TPSA) is 45.6 Å². The zero-order valence-corrected chi connectivity index (χ0v) is 15.1. The van der Waals surface area contributed by atoms with Gasteiger partial charge in [-0.1, -0.05) is 18.2 Å². The molecule has 0 spiro atoms.